The van der Waals surface area contributed by atoms with Crippen molar-refractivity contribution >= 4 is 18.5 Å². The third-order valence-corrected chi connectivity index (χ3v) is 3.47. The lowest BCUT2D eigenvalue weighted by atomic mass is 9.79. The highest BCUT2D eigenvalue weighted by Gasteiger charge is 2.27. The van der Waals surface area contributed by atoms with Crippen LogP contribution in [0.1, 0.15) is 21.5 Å². The number of hydrogen-bond acceptors (Lipinski definition) is 3. The topological polar surface area (TPSA) is 58.6 Å². The average Bonchev–Trinajstić information content (AvgIpc) is 2.87. The van der Waals surface area contributed by atoms with Gasteiger partial charge in [0.1, 0.15) is 5.82 Å². The third kappa shape index (κ3) is 2.81. The maximum atomic E-state index is 13.5. The Morgan fingerprint density at radius 1 is 1.33 bits per heavy atom. The summed E-state index contributed by atoms with van der Waals surface area (Å²) in [6.07, 6.45) is 0. The molecular weight excluding hydrogens is 272 g/mol. The van der Waals surface area contributed by atoms with E-state index in [9.17, 15) is 14.2 Å². The molecule has 0 atom stereocenters. The fraction of sp³-hybridized carbons (Fsp3) is 0.133. The summed E-state index contributed by atoms with van der Waals surface area (Å²) in [5.41, 5.74) is 2.31. The zero-order valence-electron chi connectivity index (χ0n) is 11.2. The van der Waals surface area contributed by atoms with Gasteiger partial charge < -0.3 is 15.0 Å². The van der Waals surface area contributed by atoms with Gasteiger partial charge in [0.2, 0.25) is 0 Å². The van der Waals surface area contributed by atoms with Gasteiger partial charge in [0.15, 0.2) is 0 Å². The molecule has 0 spiro atoms. The molecule has 2 N–H and O–H groups in total. The lowest BCUT2D eigenvalue weighted by Gasteiger charge is -2.07. The summed E-state index contributed by atoms with van der Waals surface area (Å²) in [5, 5.41) is 12.3. The van der Waals surface area contributed by atoms with E-state index in [4.69, 9.17) is 4.65 Å². The number of amides is 1. The van der Waals surface area contributed by atoms with E-state index >= 15 is 0 Å². The summed E-state index contributed by atoms with van der Waals surface area (Å²) in [4.78, 5) is 12.1. The van der Waals surface area contributed by atoms with Gasteiger partial charge in [-0.25, -0.2) is 4.39 Å². The number of hydrogen-bond donors (Lipinski definition) is 2. The lowest BCUT2D eigenvalue weighted by Crippen LogP contribution is -2.30. The molecule has 0 aliphatic carbocycles. The minimum Gasteiger partial charge on any atom is -0.423 e. The highest BCUT2D eigenvalue weighted by atomic mass is 19.1. The Kier molecular flexibility index (Phi) is 3.73. The van der Waals surface area contributed by atoms with Gasteiger partial charge >= 0.3 is 7.12 Å². The zero-order valence-corrected chi connectivity index (χ0v) is 11.2. The minimum absolute atomic E-state index is 0.113. The van der Waals surface area contributed by atoms with E-state index in [1.54, 1.807) is 36.4 Å². The molecule has 0 unspecified atom stereocenters. The standard InChI is InChI=1S/C15H13BFNO3/c17-14-4-2-1-3-11(14)8-18-15(19)10-5-6-12-9-21-16(20)13(12)7-10/h1-7,20H,8-9H2,(H,18,19). The molecule has 1 heterocycles. The Balaban J connectivity index is 1.72. The second-order valence-electron chi connectivity index (χ2n) is 4.85. The van der Waals surface area contributed by atoms with Crippen LogP contribution in [0.5, 0.6) is 0 Å². The second-order valence-corrected chi connectivity index (χ2v) is 4.85. The highest BCUT2D eigenvalue weighted by molar-refractivity contribution is 6.61. The smallest absolute Gasteiger partial charge is 0.423 e. The van der Waals surface area contributed by atoms with E-state index in [1.165, 1.54) is 6.07 Å². The van der Waals surface area contributed by atoms with Crippen molar-refractivity contribution in [2.45, 2.75) is 13.2 Å². The van der Waals surface area contributed by atoms with E-state index < -0.39 is 7.12 Å². The molecule has 6 heteroatoms. The van der Waals surface area contributed by atoms with Crippen LogP contribution in [0.2, 0.25) is 0 Å². The first-order valence-electron chi connectivity index (χ1n) is 6.59. The van der Waals surface area contributed by atoms with Crippen LogP contribution < -0.4 is 10.8 Å². The fourth-order valence-corrected chi connectivity index (χ4v) is 2.28. The number of fused-ring (bicyclic) bond motifs is 1. The molecule has 0 fully saturated rings. The van der Waals surface area contributed by atoms with Crippen LogP contribution >= 0.6 is 0 Å². The van der Waals surface area contributed by atoms with Crippen LogP contribution in [0.3, 0.4) is 0 Å². The van der Waals surface area contributed by atoms with E-state index in [0.717, 1.165) is 5.56 Å². The van der Waals surface area contributed by atoms with E-state index in [-0.39, 0.29) is 18.3 Å². The van der Waals surface area contributed by atoms with Crippen molar-refractivity contribution in [3.8, 4) is 0 Å². The average molecular weight is 285 g/mol. The second kappa shape index (κ2) is 5.67. The minimum atomic E-state index is -0.987. The Morgan fingerprint density at radius 2 is 2.14 bits per heavy atom. The molecule has 0 saturated heterocycles. The molecule has 1 amide bonds. The molecule has 3 rings (SSSR count). The van der Waals surface area contributed by atoms with Gasteiger partial charge in [-0.05, 0) is 29.2 Å². The molecule has 0 bridgehead atoms. The van der Waals surface area contributed by atoms with Gasteiger partial charge in [0, 0.05) is 17.7 Å². The van der Waals surface area contributed by atoms with E-state index in [0.29, 0.717) is 23.2 Å². The molecule has 106 valence electrons. The van der Waals surface area contributed by atoms with Crippen LogP contribution in [0.4, 0.5) is 4.39 Å². The number of nitrogens with one attached hydrogen (secondary N) is 1. The Bertz CT molecular complexity index is 692. The largest absolute Gasteiger partial charge is 0.491 e. The van der Waals surface area contributed by atoms with Gasteiger partial charge in [0.25, 0.3) is 5.91 Å². The molecule has 0 radical (unpaired) electrons. The normalized spacial score (nSPS) is 13.1. The van der Waals surface area contributed by atoms with Crippen LogP contribution in [0.15, 0.2) is 42.5 Å². The zero-order chi connectivity index (χ0) is 14.8. The van der Waals surface area contributed by atoms with Crippen LogP contribution in [-0.2, 0) is 17.8 Å². The lowest BCUT2D eigenvalue weighted by molar-refractivity contribution is 0.0950. The van der Waals surface area contributed by atoms with Crippen molar-refractivity contribution in [1.82, 2.24) is 5.32 Å². The molecule has 4 nitrogen and oxygen atoms in total. The molecular formula is C15H13BFNO3. The van der Waals surface area contributed by atoms with Crippen LogP contribution in [-0.4, -0.2) is 18.0 Å². The first-order chi connectivity index (χ1) is 10.1. The summed E-state index contributed by atoms with van der Waals surface area (Å²) in [6, 6.07) is 11.3. The Morgan fingerprint density at radius 3 is 2.95 bits per heavy atom. The summed E-state index contributed by atoms with van der Waals surface area (Å²) >= 11 is 0. The molecule has 1 aliphatic heterocycles. The Labute approximate surface area is 121 Å². The predicted octanol–water partition coefficient (Wildman–Crippen LogP) is 0.973. The number of rotatable bonds is 3. The van der Waals surface area contributed by atoms with Gasteiger partial charge in [-0.1, -0.05) is 24.3 Å². The molecule has 1 aliphatic rings. The van der Waals surface area contributed by atoms with Crippen molar-refractivity contribution in [2.75, 3.05) is 0 Å². The first kappa shape index (κ1) is 13.8. The molecule has 2 aromatic carbocycles. The summed E-state index contributed by atoms with van der Waals surface area (Å²) in [7, 11) is -0.987. The molecule has 21 heavy (non-hydrogen) atoms. The maximum absolute atomic E-state index is 13.5. The van der Waals surface area contributed by atoms with Crippen LogP contribution in [0.25, 0.3) is 0 Å². The fourth-order valence-electron chi connectivity index (χ4n) is 2.28. The van der Waals surface area contributed by atoms with E-state index in [2.05, 4.69) is 5.32 Å². The van der Waals surface area contributed by atoms with Crippen LogP contribution in [0, 0.1) is 5.82 Å². The summed E-state index contributed by atoms with van der Waals surface area (Å²) < 4.78 is 18.6. The van der Waals surface area contributed by atoms with Gasteiger partial charge in [-0.3, -0.25) is 4.79 Å². The van der Waals surface area contributed by atoms with E-state index in [1.807, 2.05) is 0 Å². The predicted molar refractivity (Wildman–Crippen MR) is 76.4 cm³/mol. The number of halogens is 1. The van der Waals surface area contributed by atoms with Crippen molar-refractivity contribution < 1.29 is 18.9 Å². The van der Waals surface area contributed by atoms with Crippen molar-refractivity contribution in [3.05, 3.63) is 65.0 Å². The molecule has 0 aromatic heterocycles. The number of benzene rings is 2. The summed E-state index contributed by atoms with van der Waals surface area (Å²) in [5.74, 6) is -0.671. The first-order valence-corrected chi connectivity index (χ1v) is 6.59. The third-order valence-electron chi connectivity index (χ3n) is 3.47. The van der Waals surface area contributed by atoms with Crippen molar-refractivity contribution in [3.63, 3.8) is 0 Å². The summed E-state index contributed by atoms with van der Waals surface area (Å²) in [6.45, 7) is 0.454. The maximum Gasteiger partial charge on any atom is 0.491 e. The Hall–Kier alpha value is -2.18. The number of carbonyl (C=O) groups excluding carboxylic acids is 1. The van der Waals surface area contributed by atoms with Gasteiger partial charge in [0.05, 0.1) is 6.61 Å². The van der Waals surface area contributed by atoms with Crippen molar-refractivity contribution in [2.24, 2.45) is 0 Å². The molecule has 2 aromatic rings. The van der Waals surface area contributed by atoms with Gasteiger partial charge in [-0.15, -0.1) is 0 Å². The quantitative estimate of drug-likeness (QED) is 0.826. The SMILES string of the molecule is O=C(NCc1ccccc1F)c1ccc2c(c1)B(O)OC2. The van der Waals surface area contributed by atoms with Gasteiger partial charge in [-0.2, -0.15) is 0 Å². The number of carbonyl (C=O) groups is 1. The molecule has 0 saturated carbocycles. The monoisotopic (exact) mass is 285 g/mol. The van der Waals surface area contributed by atoms with Crippen molar-refractivity contribution in [1.29, 1.82) is 0 Å². The highest BCUT2D eigenvalue weighted by Crippen LogP contribution is 2.12.